The van der Waals surface area contributed by atoms with E-state index in [1.807, 2.05) is 13.8 Å². The number of rotatable bonds is 5. The summed E-state index contributed by atoms with van der Waals surface area (Å²) in [5.41, 5.74) is 2.05. The van der Waals surface area contributed by atoms with Crippen LogP contribution in [0.15, 0.2) is 10.6 Å². The first-order chi connectivity index (χ1) is 6.75. The SMILES string of the molecule is CCCNCC=Cc1c(C)noc1C. The number of nitrogens with one attached hydrogen (secondary N) is 1. The zero-order valence-electron chi connectivity index (χ0n) is 9.13. The van der Waals surface area contributed by atoms with Crippen molar-refractivity contribution in [1.82, 2.24) is 10.5 Å². The first kappa shape index (κ1) is 11.0. The molecule has 0 atom stereocenters. The lowest BCUT2D eigenvalue weighted by atomic mass is 10.2. The largest absolute Gasteiger partial charge is 0.361 e. The molecule has 0 radical (unpaired) electrons. The fourth-order valence-corrected chi connectivity index (χ4v) is 1.27. The standard InChI is InChI=1S/C11H18N2O/c1-4-7-12-8-5-6-11-9(2)13-14-10(11)3/h5-6,12H,4,7-8H2,1-3H3. The van der Waals surface area contributed by atoms with Gasteiger partial charge in [0, 0.05) is 12.1 Å². The second-order valence-corrected chi connectivity index (χ2v) is 3.34. The molecule has 1 rings (SSSR count). The minimum absolute atomic E-state index is 0.884. The average Bonchev–Trinajstić information content (AvgIpc) is 2.48. The van der Waals surface area contributed by atoms with Gasteiger partial charge in [-0.1, -0.05) is 24.2 Å². The molecule has 0 aliphatic carbocycles. The van der Waals surface area contributed by atoms with Crippen LogP contribution in [0.25, 0.3) is 6.08 Å². The van der Waals surface area contributed by atoms with E-state index in [2.05, 4.69) is 29.5 Å². The van der Waals surface area contributed by atoms with Crippen molar-refractivity contribution in [2.45, 2.75) is 27.2 Å². The van der Waals surface area contributed by atoms with Gasteiger partial charge in [0.2, 0.25) is 0 Å². The highest BCUT2D eigenvalue weighted by molar-refractivity contribution is 5.53. The van der Waals surface area contributed by atoms with Crippen LogP contribution >= 0.6 is 0 Å². The van der Waals surface area contributed by atoms with Gasteiger partial charge in [0.05, 0.1) is 5.69 Å². The predicted octanol–water partition coefficient (Wildman–Crippen LogP) is 2.30. The Labute approximate surface area is 85.2 Å². The quantitative estimate of drug-likeness (QED) is 0.731. The monoisotopic (exact) mass is 194 g/mol. The van der Waals surface area contributed by atoms with E-state index in [0.29, 0.717) is 0 Å². The Morgan fingerprint density at radius 2 is 2.21 bits per heavy atom. The zero-order chi connectivity index (χ0) is 10.4. The molecule has 3 nitrogen and oxygen atoms in total. The zero-order valence-corrected chi connectivity index (χ0v) is 9.13. The van der Waals surface area contributed by atoms with Crippen molar-refractivity contribution < 1.29 is 4.52 Å². The number of aromatic nitrogens is 1. The molecule has 0 saturated heterocycles. The third kappa shape index (κ3) is 3.00. The Bertz CT molecular complexity index is 283. The number of hydrogen-bond donors (Lipinski definition) is 1. The van der Waals surface area contributed by atoms with E-state index < -0.39 is 0 Å². The van der Waals surface area contributed by atoms with Gasteiger partial charge in [-0.25, -0.2) is 0 Å². The first-order valence-corrected chi connectivity index (χ1v) is 5.05. The number of aryl methyl sites for hydroxylation is 2. The molecule has 1 aromatic rings. The molecule has 3 heteroatoms. The van der Waals surface area contributed by atoms with Crippen LogP contribution in [0.3, 0.4) is 0 Å². The highest BCUT2D eigenvalue weighted by atomic mass is 16.5. The Morgan fingerprint density at radius 1 is 1.43 bits per heavy atom. The topological polar surface area (TPSA) is 38.1 Å². The molecule has 0 unspecified atom stereocenters. The summed E-state index contributed by atoms with van der Waals surface area (Å²) in [6.45, 7) is 8.00. The third-order valence-corrected chi connectivity index (χ3v) is 2.06. The maximum atomic E-state index is 5.05. The third-order valence-electron chi connectivity index (χ3n) is 2.06. The second kappa shape index (κ2) is 5.60. The number of nitrogens with zero attached hydrogens (tertiary/aromatic N) is 1. The van der Waals surface area contributed by atoms with Crippen LogP contribution in [-0.2, 0) is 0 Å². The summed E-state index contributed by atoms with van der Waals surface area (Å²) in [6.07, 6.45) is 5.32. The number of hydrogen-bond acceptors (Lipinski definition) is 3. The molecule has 0 aliphatic heterocycles. The molecule has 0 aromatic carbocycles. The van der Waals surface area contributed by atoms with Crippen molar-refractivity contribution >= 4 is 6.08 Å². The summed E-state index contributed by atoms with van der Waals surface area (Å²) in [5.74, 6) is 0.884. The minimum atomic E-state index is 0.884. The molecular weight excluding hydrogens is 176 g/mol. The molecular formula is C11H18N2O. The van der Waals surface area contributed by atoms with Crippen LogP contribution < -0.4 is 5.32 Å². The van der Waals surface area contributed by atoms with Crippen LogP contribution in [0.1, 0.15) is 30.4 Å². The van der Waals surface area contributed by atoms with Crippen LogP contribution in [0, 0.1) is 13.8 Å². The molecule has 1 heterocycles. The Balaban J connectivity index is 2.43. The van der Waals surface area contributed by atoms with E-state index in [1.54, 1.807) is 0 Å². The molecule has 1 aromatic heterocycles. The highest BCUT2D eigenvalue weighted by Crippen LogP contribution is 2.13. The van der Waals surface area contributed by atoms with Crippen molar-refractivity contribution in [2.24, 2.45) is 0 Å². The van der Waals surface area contributed by atoms with Crippen molar-refractivity contribution in [3.63, 3.8) is 0 Å². The predicted molar refractivity (Wildman–Crippen MR) is 58.2 cm³/mol. The summed E-state index contributed by atoms with van der Waals surface area (Å²) in [7, 11) is 0. The van der Waals surface area contributed by atoms with Gasteiger partial charge in [-0.3, -0.25) is 0 Å². The van der Waals surface area contributed by atoms with E-state index in [9.17, 15) is 0 Å². The average molecular weight is 194 g/mol. The normalized spacial score (nSPS) is 11.4. The van der Waals surface area contributed by atoms with Gasteiger partial charge in [-0.05, 0) is 26.8 Å². The maximum absolute atomic E-state index is 5.05. The molecule has 0 bridgehead atoms. The first-order valence-electron chi connectivity index (χ1n) is 5.05. The molecule has 1 N–H and O–H groups in total. The van der Waals surface area contributed by atoms with Gasteiger partial charge in [0.15, 0.2) is 0 Å². The summed E-state index contributed by atoms with van der Waals surface area (Å²) in [4.78, 5) is 0. The van der Waals surface area contributed by atoms with Crippen molar-refractivity contribution in [1.29, 1.82) is 0 Å². The smallest absolute Gasteiger partial charge is 0.141 e. The fourth-order valence-electron chi connectivity index (χ4n) is 1.27. The van der Waals surface area contributed by atoms with Crippen molar-refractivity contribution in [3.8, 4) is 0 Å². The van der Waals surface area contributed by atoms with E-state index >= 15 is 0 Å². The Morgan fingerprint density at radius 3 is 2.79 bits per heavy atom. The molecule has 14 heavy (non-hydrogen) atoms. The van der Waals surface area contributed by atoms with Gasteiger partial charge >= 0.3 is 0 Å². The molecule has 0 aliphatic rings. The fraction of sp³-hybridized carbons (Fsp3) is 0.545. The Hall–Kier alpha value is -1.09. The van der Waals surface area contributed by atoms with Crippen LogP contribution in [-0.4, -0.2) is 18.2 Å². The highest BCUT2D eigenvalue weighted by Gasteiger charge is 2.03. The lowest BCUT2D eigenvalue weighted by Gasteiger charge is -1.96. The van der Waals surface area contributed by atoms with Crippen molar-refractivity contribution in [2.75, 3.05) is 13.1 Å². The van der Waals surface area contributed by atoms with Crippen LogP contribution in [0.2, 0.25) is 0 Å². The van der Waals surface area contributed by atoms with Gasteiger partial charge in [-0.2, -0.15) is 0 Å². The second-order valence-electron chi connectivity index (χ2n) is 3.34. The van der Waals surface area contributed by atoms with E-state index in [0.717, 1.165) is 30.1 Å². The summed E-state index contributed by atoms with van der Waals surface area (Å²) >= 11 is 0. The minimum Gasteiger partial charge on any atom is -0.361 e. The van der Waals surface area contributed by atoms with Crippen LogP contribution in [0.5, 0.6) is 0 Å². The van der Waals surface area contributed by atoms with Crippen molar-refractivity contribution in [3.05, 3.63) is 23.1 Å². The summed E-state index contributed by atoms with van der Waals surface area (Å²) in [6, 6.07) is 0. The van der Waals surface area contributed by atoms with E-state index in [-0.39, 0.29) is 0 Å². The molecule has 0 amide bonds. The lowest BCUT2D eigenvalue weighted by Crippen LogP contribution is -2.13. The van der Waals surface area contributed by atoms with Gasteiger partial charge in [0.1, 0.15) is 5.76 Å². The summed E-state index contributed by atoms with van der Waals surface area (Å²) < 4.78 is 5.05. The Kier molecular flexibility index (Phi) is 4.40. The maximum Gasteiger partial charge on any atom is 0.141 e. The molecule has 0 saturated carbocycles. The van der Waals surface area contributed by atoms with E-state index in [1.165, 1.54) is 6.42 Å². The molecule has 0 spiro atoms. The van der Waals surface area contributed by atoms with Crippen LogP contribution in [0.4, 0.5) is 0 Å². The summed E-state index contributed by atoms with van der Waals surface area (Å²) in [5, 5.41) is 7.18. The van der Waals surface area contributed by atoms with Gasteiger partial charge < -0.3 is 9.84 Å². The van der Waals surface area contributed by atoms with Gasteiger partial charge in [-0.15, -0.1) is 0 Å². The molecule has 78 valence electrons. The molecule has 0 fully saturated rings. The lowest BCUT2D eigenvalue weighted by molar-refractivity contribution is 0.393. The van der Waals surface area contributed by atoms with Gasteiger partial charge in [0.25, 0.3) is 0 Å². The van der Waals surface area contributed by atoms with E-state index in [4.69, 9.17) is 4.52 Å².